The van der Waals surface area contributed by atoms with Crippen molar-refractivity contribution >= 4 is 11.9 Å². The third kappa shape index (κ3) is 4.97. The highest BCUT2D eigenvalue weighted by Gasteiger charge is 2.30. The summed E-state index contributed by atoms with van der Waals surface area (Å²) in [5.41, 5.74) is 0. The van der Waals surface area contributed by atoms with E-state index in [1.165, 1.54) is 29.1 Å². The van der Waals surface area contributed by atoms with E-state index >= 15 is 0 Å². The van der Waals surface area contributed by atoms with Crippen LogP contribution in [-0.2, 0) is 4.79 Å². The summed E-state index contributed by atoms with van der Waals surface area (Å²) in [4.78, 5) is 26.9. The summed E-state index contributed by atoms with van der Waals surface area (Å²) in [5.74, 6) is -0.155. The summed E-state index contributed by atoms with van der Waals surface area (Å²) in [7, 11) is 2.18. The molecule has 0 radical (unpaired) electrons. The van der Waals surface area contributed by atoms with Gasteiger partial charge in [-0.3, -0.25) is 10.1 Å². The number of hydrogen-bond acceptors (Lipinski definition) is 2. The summed E-state index contributed by atoms with van der Waals surface area (Å²) >= 11 is 0. The standard InChI is InChI=1S/C15H28N4O2/c1-12(19-10-8-18(2)9-11-19)14(20)17-15(21)16-13-6-4-3-5-7-13/h12-13H,3-11H2,1-2H3,(H2,16,17,20,21)/p+2/t12-/m0/s1. The summed E-state index contributed by atoms with van der Waals surface area (Å²) in [5, 5.41) is 5.45. The molecule has 1 heterocycles. The van der Waals surface area contributed by atoms with Crippen molar-refractivity contribution in [2.75, 3.05) is 33.2 Å². The smallest absolute Gasteiger partial charge is 0.321 e. The van der Waals surface area contributed by atoms with Gasteiger partial charge in [0.05, 0.1) is 7.05 Å². The Morgan fingerprint density at radius 2 is 1.67 bits per heavy atom. The molecule has 2 rings (SSSR count). The second kappa shape index (κ2) is 7.75. The maximum absolute atomic E-state index is 12.2. The number of hydrogen-bond donors (Lipinski definition) is 4. The van der Waals surface area contributed by atoms with Gasteiger partial charge < -0.3 is 15.1 Å². The van der Waals surface area contributed by atoms with E-state index in [1.54, 1.807) is 0 Å². The Bertz CT molecular complexity index is 361. The van der Waals surface area contributed by atoms with E-state index in [9.17, 15) is 9.59 Å². The average molecular weight is 298 g/mol. The molecule has 2 fully saturated rings. The first kappa shape index (κ1) is 16.2. The molecule has 1 atom stereocenters. The second-order valence-corrected chi connectivity index (χ2v) is 6.63. The van der Waals surface area contributed by atoms with E-state index < -0.39 is 0 Å². The lowest BCUT2D eigenvalue weighted by atomic mass is 9.96. The van der Waals surface area contributed by atoms with Crippen molar-refractivity contribution in [3.05, 3.63) is 0 Å². The number of carbonyl (C=O) groups excluding carboxylic acids is 2. The molecule has 0 spiro atoms. The summed E-state index contributed by atoms with van der Waals surface area (Å²) in [6.07, 6.45) is 5.66. The van der Waals surface area contributed by atoms with Crippen LogP contribution in [0.1, 0.15) is 39.0 Å². The molecule has 0 unspecified atom stereocenters. The topological polar surface area (TPSA) is 67.1 Å². The lowest BCUT2D eigenvalue weighted by molar-refractivity contribution is -1.01. The van der Waals surface area contributed by atoms with Crippen molar-refractivity contribution in [2.45, 2.75) is 51.1 Å². The first-order valence-electron chi connectivity index (χ1n) is 8.33. The first-order chi connectivity index (χ1) is 10.1. The van der Waals surface area contributed by atoms with E-state index in [2.05, 4.69) is 17.7 Å². The van der Waals surface area contributed by atoms with Gasteiger partial charge in [-0.1, -0.05) is 19.3 Å². The molecule has 3 amide bonds. The third-order valence-corrected chi connectivity index (χ3v) is 4.93. The largest absolute Gasteiger partial charge is 0.335 e. The molecule has 0 aromatic carbocycles. The fraction of sp³-hybridized carbons (Fsp3) is 0.867. The fourth-order valence-corrected chi connectivity index (χ4v) is 3.30. The predicted molar refractivity (Wildman–Crippen MR) is 80.3 cm³/mol. The van der Waals surface area contributed by atoms with Gasteiger partial charge in [0.15, 0.2) is 6.04 Å². The lowest BCUT2D eigenvalue weighted by Crippen LogP contribution is -3.29. The molecule has 1 aliphatic heterocycles. The monoisotopic (exact) mass is 298 g/mol. The molecule has 1 saturated heterocycles. The van der Waals surface area contributed by atoms with Crippen LogP contribution in [0.2, 0.25) is 0 Å². The van der Waals surface area contributed by atoms with Crippen LogP contribution in [0.3, 0.4) is 0 Å². The molecule has 1 saturated carbocycles. The zero-order valence-electron chi connectivity index (χ0n) is 13.3. The number of likely N-dealkylation sites (N-methyl/N-ethyl adjacent to an activating group) is 1. The highest BCUT2D eigenvalue weighted by Crippen LogP contribution is 2.17. The molecule has 0 bridgehead atoms. The van der Waals surface area contributed by atoms with E-state index in [4.69, 9.17) is 0 Å². The molecule has 0 aromatic rings. The molecule has 4 N–H and O–H groups in total. The molecular formula is C15H30N4O2+2. The van der Waals surface area contributed by atoms with E-state index in [0.717, 1.165) is 39.0 Å². The Balaban J connectivity index is 1.73. The molecular weight excluding hydrogens is 268 g/mol. The van der Waals surface area contributed by atoms with Crippen molar-refractivity contribution < 1.29 is 19.4 Å². The van der Waals surface area contributed by atoms with Crippen molar-refractivity contribution in [3.8, 4) is 0 Å². The van der Waals surface area contributed by atoms with Crippen LogP contribution in [0.5, 0.6) is 0 Å². The van der Waals surface area contributed by atoms with Gasteiger partial charge in [-0.15, -0.1) is 0 Å². The Labute approximate surface area is 127 Å². The number of quaternary nitrogens is 2. The molecule has 120 valence electrons. The quantitative estimate of drug-likeness (QED) is 0.484. The van der Waals surface area contributed by atoms with Crippen LogP contribution in [0.25, 0.3) is 0 Å². The van der Waals surface area contributed by atoms with E-state index in [1.807, 2.05) is 6.92 Å². The Morgan fingerprint density at radius 1 is 1.05 bits per heavy atom. The lowest BCUT2D eigenvalue weighted by Gasteiger charge is -2.30. The van der Waals surface area contributed by atoms with Gasteiger partial charge in [-0.05, 0) is 19.8 Å². The minimum Gasteiger partial charge on any atom is -0.335 e. The van der Waals surface area contributed by atoms with E-state index in [0.29, 0.717) is 0 Å². The number of imide groups is 1. The fourth-order valence-electron chi connectivity index (χ4n) is 3.30. The Hall–Kier alpha value is -1.14. The molecule has 2 aliphatic rings. The Morgan fingerprint density at radius 3 is 2.29 bits per heavy atom. The van der Waals surface area contributed by atoms with Crippen molar-refractivity contribution in [1.82, 2.24) is 10.6 Å². The van der Waals surface area contributed by atoms with Crippen LogP contribution < -0.4 is 20.4 Å². The molecule has 0 aromatic heterocycles. The Kier molecular flexibility index (Phi) is 5.99. The second-order valence-electron chi connectivity index (χ2n) is 6.63. The maximum Gasteiger partial charge on any atom is 0.321 e. The van der Waals surface area contributed by atoms with Gasteiger partial charge in [0.25, 0.3) is 5.91 Å². The summed E-state index contributed by atoms with van der Waals surface area (Å²) < 4.78 is 0. The normalized spacial score (nSPS) is 28.7. The zero-order valence-corrected chi connectivity index (χ0v) is 13.3. The van der Waals surface area contributed by atoms with Crippen LogP contribution >= 0.6 is 0 Å². The van der Waals surface area contributed by atoms with E-state index in [-0.39, 0.29) is 24.0 Å². The van der Waals surface area contributed by atoms with Crippen molar-refractivity contribution in [3.63, 3.8) is 0 Å². The predicted octanol–water partition coefficient (Wildman–Crippen LogP) is -2.05. The number of nitrogens with one attached hydrogen (secondary N) is 4. The molecule has 1 aliphatic carbocycles. The highest BCUT2D eigenvalue weighted by atomic mass is 16.2. The van der Waals surface area contributed by atoms with Crippen LogP contribution in [0, 0.1) is 0 Å². The molecule has 6 nitrogen and oxygen atoms in total. The van der Waals surface area contributed by atoms with Crippen molar-refractivity contribution in [2.24, 2.45) is 0 Å². The number of piperazine rings is 1. The number of urea groups is 1. The van der Waals surface area contributed by atoms with Gasteiger partial charge in [0, 0.05) is 6.04 Å². The van der Waals surface area contributed by atoms with Crippen LogP contribution in [-0.4, -0.2) is 57.2 Å². The maximum atomic E-state index is 12.2. The minimum absolute atomic E-state index is 0.155. The van der Waals surface area contributed by atoms with Crippen LogP contribution in [0.4, 0.5) is 4.79 Å². The highest BCUT2D eigenvalue weighted by molar-refractivity contribution is 5.96. The summed E-state index contributed by atoms with van der Waals surface area (Å²) in [6, 6.07) is -0.241. The first-order valence-corrected chi connectivity index (χ1v) is 8.33. The molecule has 21 heavy (non-hydrogen) atoms. The van der Waals surface area contributed by atoms with Crippen LogP contribution in [0.15, 0.2) is 0 Å². The third-order valence-electron chi connectivity index (χ3n) is 4.93. The van der Waals surface area contributed by atoms with Crippen molar-refractivity contribution in [1.29, 1.82) is 0 Å². The molecule has 6 heteroatoms. The van der Waals surface area contributed by atoms with Gasteiger partial charge in [-0.25, -0.2) is 4.79 Å². The van der Waals surface area contributed by atoms with Gasteiger partial charge in [0.1, 0.15) is 26.2 Å². The SMILES string of the molecule is C[C@@H](C(=O)NC(=O)NC1CCCCC1)[NH+]1CC[NH+](C)CC1. The van der Waals surface area contributed by atoms with Gasteiger partial charge in [0.2, 0.25) is 0 Å². The number of rotatable bonds is 3. The summed E-state index contributed by atoms with van der Waals surface area (Å²) in [6.45, 7) is 6.07. The van der Waals surface area contributed by atoms with Gasteiger partial charge in [-0.2, -0.15) is 0 Å². The zero-order chi connectivity index (χ0) is 15.2. The van der Waals surface area contributed by atoms with Gasteiger partial charge >= 0.3 is 6.03 Å². The minimum atomic E-state index is -0.321. The average Bonchev–Trinajstić information content (AvgIpc) is 2.48. The number of amides is 3. The number of carbonyl (C=O) groups is 2.